The number of nitrogens with one attached hydrogen (secondary N) is 1. The SMILES string of the molecule is C#CCOc1ccc(C(=O)Nc2ccc(O)cc2F)cc1. The third kappa shape index (κ3) is 3.74. The summed E-state index contributed by atoms with van der Waals surface area (Å²) in [5, 5.41) is 11.5. The predicted molar refractivity (Wildman–Crippen MR) is 76.8 cm³/mol. The first-order chi connectivity index (χ1) is 10.1. The van der Waals surface area contributed by atoms with E-state index in [0.717, 1.165) is 6.07 Å². The highest BCUT2D eigenvalue weighted by molar-refractivity contribution is 6.04. The lowest BCUT2D eigenvalue weighted by atomic mass is 10.2. The van der Waals surface area contributed by atoms with Crippen molar-refractivity contribution in [3.8, 4) is 23.8 Å². The Morgan fingerprint density at radius 2 is 2.00 bits per heavy atom. The number of phenolic OH excluding ortho intramolecular Hbond substituents is 1. The Morgan fingerprint density at radius 3 is 2.62 bits per heavy atom. The van der Waals surface area contributed by atoms with E-state index in [1.54, 1.807) is 24.3 Å². The zero-order chi connectivity index (χ0) is 15.2. The van der Waals surface area contributed by atoms with Gasteiger partial charge in [-0.2, -0.15) is 0 Å². The van der Waals surface area contributed by atoms with E-state index in [1.807, 2.05) is 0 Å². The minimum atomic E-state index is -0.711. The molecule has 0 aliphatic heterocycles. The van der Waals surface area contributed by atoms with Crippen LogP contribution in [-0.4, -0.2) is 17.6 Å². The number of anilines is 1. The molecule has 0 saturated carbocycles. The molecule has 0 atom stereocenters. The molecular formula is C16H12FNO3. The summed E-state index contributed by atoms with van der Waals surface area (Å²) < 4.78 is 18.7. The molecule has 2 N–H and O–H groups in total. The fraction of sp³-hybridized carbons (Fsp3) is 0.0625. The Balaban J connectivity index is 2.08. The van der Waals surface area contributed by atoms with Gasteiger partial charge >= 0.3 is 0 Å². The molecule has 5 heteroatoms. The number of hydrogen-bond acceptors (Lipinski definition) is 3. The summed E-state index contributed by atoms with van der Waals surface area (Å²) in [6.07, 6.45) is 5.07. The molecule has 1 amide bonds. The van der Waals surface area contributed by atoms with Crippen molar-refractivity contribution in [3.05, 3.63) is 53.8 Å². The van der Waals surface area contributed by atoms with Gasteiger partial charge in [0.2, 0.25) is 0 Å². The summed E-state index contributed by atoms with van der Waals surface area (Å²) in [6, 6.07) is 9.77. The zero-order valence-corrected chi connectivity index (χ0v) is 11.0. The van der Waals surface area contributed by atoms with Gasteiger partial charge in [-0.25, -0.2) is 4.39 Å². The molecule has 106 valence electrons. The fourth-order valence-electron chi connectivity index (χ4n) is 1.63. The second-order valence-electron chi connectivity index (χ2n) is 4.14. The first-order valence-corrected chi connectivity index (χ1v) is 6.06. The fourth-order valence-corrected chi connectivity index (χ4v) is 1.63. The van der Waals surface area contributed by atoms with E-state index in [1.165, 1.54) is 12.1 Å². The molecule has 0 aromatic heterocycles. The van der Waals surface area contributed by atoms with E-state index in [2.05, 4.69) is 11.2 Å². The van der Waals surface area contributed by atoms with Crippen LogP contribution in [0.5, 0.6) is 11.5 Å². The molecule has 0 saturated heterocycles. The number of aromatic hydroxyl groups is 1. The molecule has 0 radical (unpaired) electrons. The summed E-state index contributed by atoms with van der Waals surface area (Å²) in [6.45, 7) is 0.143. The highest BCUT2D eigenvalue weighted by Gasteiger charge is 2.10. The van der Waals surface area contributed by atoms with Gasteiger partial charge in [0, 0.05) is 11.6 Å². The number of benzene rings is 2. The van der Waals surface area contributed by atoms with Crippen LogP contribution in [0.2, 0.25) is 0 Å². The number of ether oxygens (including phenoxy) is 1. The molecule has 2 aromatic rings. The Morgan fingerprint density at radius 1 is 1.29 bits per heavy atom. The van der Waals surface area contributed by atoms with Crippen LogP contribution in [0.25, 0.3) is 0 Å². The van der Waals surface area contributed by atoms with E-state index >= 15 is 0 Å². The molecule has 0 fully saturated rings. The lowest BCUT2D eigenvalue weighted by Crippen LogP contribution is -2.12. The number of carbonyl (C=O) groups is 1. The molecule has 2 aromatic carbocycles. The smallest absolute Gasteiger partial charge is 0.255 e. The van der Waals surface area contributed by atoms with Crippen molar-refractivity contribution in [2.45, 2.75) is 0 Å². The highest BCUT2D eigenvalue weighted by Crippen LogP contribution is 2.20. The summed E-state index contributed by atoms with van der Waals surface area (Å²) in [7, 11) is 0. The van der Waals surface area contributed by atoms with Crippen molar-refractivity contribution < 1.29 is 19.0 Å². The van der Waals surface area contributed by atoms with Crippen molar-refractivity contribution in [2.75, 3.05) is 11.9 Å². The molecule has 21 heavy (non-hydrogen) atoms. The molecule has 0 spiro atoms. The molecule has 0 aliphatic rings. The minimum Gasteiger partial charge on any atom is -0.508 e. The van der Waals surface area contributed by atoms with Gasteiger partial charge in [-0.1, -0.05) is 5.92 Å². The largest absolute Gasteiger partial charge is 0.508 e. The number of hydrogen-bond donors (Lipinski definition) is 2. The number of halogens is 1. The number of amides is 1. The average Bonchev–Trinajstić information content (AvgIpc) is 2.48. The van der Waals surface area contributed by atoms with Crippen LogP contribution in [-0.2, 0) is 0 Å². The number of carbonyl (C=O) groups excluding carboxylic acids is 1. The van der Waals surface area contributed by atoms with E-state index < -0.39 is 11.7 Å². The van der Waals surface area contributed by atoms with E-state index in [-0.39, 0.29) is 18.0 Å². The Labute approximate surface area is 121 Å². The van der Waals surface area contributed by atoms with Crippen LogP contribution in [0.4, 0.5) is 10.1 Å². The molecule has 0 unspecified atom stereocenters. The van der Waals surface area contributed by atoms with Crippen LogP contribution in [0.1, 0.15) is 10.4 Å². The maximum absolute atomic E-state index is 13.5. The standard InChI is InChI=1S/C16H12FNO3/c1-2-9-21-13-6-3-11(4-7-13)16(20)18-15-8-5-12(19)10-14(15)17/h1,3-8,10,19H,9H2,(H,18,20). The number of terminal acetylenes is 1. The van der Waals surface area contributed by atoms with Crippen LogP contribution in [0.3, 0.4) is 0 Å². The van der Waals surface area contributed by atoms with Gasteiger partial charge in [0.1, 0.15) is 23.9 Å². The molecule has 0 aliphatic carbocycles. The first kappa shape index (κ1) is 14.4. The highest BCUT2D eigenvalue weighted by atomic mass is 19.1. The van der Waals surface area contributed by atoms with Crippen LogP contribution < -0.4 is 10.1 Å². The Kier molecular flexibility index (Phi) is 4.42. The maximum atomic E-state index is 13.5. The molecule has 4 nitrogen and oxygen atoms in total. The summed E-state index contributed by atoms with van der Waals surface area (Å²) in [5.74, 6) is 1.49. The van der Waals surface area contributed by atoms with Gasteiger partial charge in [0.05, 0.1) is 5.69 Å². The molecule has 0 heterocycles. The third-order valence-electron chi connectivity index (χ3n) is 2.64. The topological polar surface area (TPSA) is 58.6 Å². The van der Waals surface area contributed by atoms with Gasteiger partial charge in [0.25, 0.3) is 5.91 Å². The van der Waals surface area contributed by atoms with Crippen molar-refractivity contribution in [2.24, 2.45) is 0 Å². The van der Waals surface area contributed by atoms with E-state index in [0.29, 0.717) is 11.3 Å². The van der Waals surface area contributed by atoms with Crippen molar-refractivity contribution >= 4 is 11.6 Å². The quantitative estimate of drug-likeness (QED) is 0.671. The van der Waals surface area contributed by atoms with Crippen molar-refractivity contribution in [1.29, 1.82) is 0 Å². The Bertz CT molecular complexity index is 690. The minimum absolute atomic E-state index is 0.00883. The van der Waals surface area contributed by atoms with Gasteiger partial charge in [-0.15, -0.1) is 6.42 Å². The van der Waals surface area contributed by atoms with Gasteiger partial charge in [-0.05, 0) is 36.4 Å². The van der Waals surface area contributed by atoms with Crippen molar-refractivity contribution in [3.63, 3.8) is 0 Å². The molecule has 0 bridgehead atoms. The summed E-state index contributed by atoms with van der Waals surface area (Å²) in [5.41, 5.74) is 0.334. The Hall–Kier alpha value is -3.00. The van der Waals surface area contributed by atoms with E-state index in [9.17, 15) is 9.18 Å². The summed E-state index contributed by atoms with van der Waals surface area (Å²) in [4.78, 5) is 12.0. The lowest BCUT2D eigenvalue weighted by Gasteiger charge is -2.07. The first-order valence-electron chi connectivity index (χ1n) is 6.06. The van der Waals surface area contributed by atoms with Crippen molar-refractivity contribution in [1.82, 2.24) is 0 Å². The molecular weight excluding hydrogens is 273 g/mol. The predicted octanol–water partition coefficient (Wildman–Crippen LogP) is 2.80. The number of rotatable bonds is 4. The second-order valence-corrected chi connectivity index (χ2v) is 4.14. The van der Waals surface area contributed by atoms with E-state index in [4.69, 9.17) is 16.3 Å². The normalized spacial score (nSPS) is 9.71. The van der Waals surface area contributed by atoms with Crippen LogP contribution in [0, 0.1) is 18.2 Å². The lowest BCUT2D eigenvalue weighted by molar-refractivity contribution is 0.102. The molecule has 2 rings (SSSR count). The average molecular weight is 285 g/mol. The maximum Gasteiger partial charge on any atom is 0.255 e. The van der Waals surface area contributed by atoms with Crippen LogP contribution >= 0.6 is 0 Å². The monoisotopic (exact) mass is 285 g/mol. The van der Waals surface area contributed by atoms with Gasteiger partial charge < -0.3 is 15.2 Å². The second kappa shape index (κ2) is 6.44. The zero-order valence-electron chi connectivity index (χ0n) is 11.0. The summed E-state index contributed by atoms with van der Waals surface area (Å²) >= 11 is 0. The third-order valence-corrected chi connectivity index (χ3v) is 2.64. The number of phenols is 1. The van der Waals surface area contributed by atoms with Gasteiger partial charge in [0.15, 0.2) is 0 Å². The van der Waals surface area contributed by atoms with Crippen LogP contribution in [0.15, 0.2) is 42.5 Å². The van der Waals surface area contributed by atoms with Gasteiger partial charge in [-0.3, -0.25) is 4.79 Å².